The zero-order valence-corrected chi connectivity index (χ0v) is 12.8. The average molecular weight is 286 g/mol. The third-order valence-electron chi connectivity index (χ3n) is 5.19. The topological polar surface area (TPSA) is 46.3 Å². The molecule has 1 amide bonds. The molecule has 1 saturated carbocycles. The monoisotopic (exact) mass is 286 g/mol. The lowest BCUT2D eigenvalue weighted by Gasteiger charge is -2.36. The summed E-state index contributed by atoms with van der Waals surface area (Å²) in [5, 5.41) is 0. The van der Waals surface area contributed by atoms with Gasteiger partial charge in [-0.05, 0) is 43.6 Å². The van der Waals surface area contributed by atoms with Crippen LogP contribution < -0.4 is 5.73 Å². The van der Waals surface area contributed by atoms with Gasteiger partial charge in [0.15, 0.2) is 0 Å². The molecule has 0 unspecified atom stereocenters. The summed E-state index contributed by atoms with van der Waals surface area (Å²) < 4.78 is 0. The minimum Gasteiger partial charge on any atom is -0.341 e. The Kier molecular flexibility index (Phi) is 4.29. The zero-order chi connectivity index (χ0) is 14.7. The predicted octanol–water partition coefficient (Wildman–Crippen LogP) is 2.74. The lowest BCUT2D eigenvalue weighted by atomic mass is 9.88. The zero-order valence-electron chi connectivity index (χ0n) is 12.8. The van der Waals surface area contributed by atoms with Crippen LogP contribution in [0.4, 0.5) is 0 Å². The predicted molar refractivity (Wildman–Crippen MR) is 84.8 cm³/mol. The molecular formula is C18H26N2O. The Bertz CT molecular complexity index is 471. The number of hydrogen-bond acceptors (Lipinski definition) is 2. The Labute approximate surface area is 127 Å². The Morgan fingerprint density at radius 2 is 1.76 bits per heavy atom. The van der Waals surface area contributed by atoms with Crippen LogP contribution in [0.15, 0.2) is 30.3 Å². The highest BCUT2D eigenvalue weighted by molar-refractivity contribution is 5.86. The van der Waals surface area contributed by atoms with Gasteiger partial charge in [0.2, 0.25) is 5.91 Å². The van der Waals surface area contributed by atoms with Crippen molar-refractivity contribution in [1.82, 2.24) is 4.90 Å². The van der Waals surface area contributed by atoms with Crippen molar-refractivity contribution in [3.63, 3.8) is 0 Å². The maximum Gasteiger partial charge on any atom is 0.242 e. The van der Waals surface area contributed by atoms with Crippen molar-refractivity contribution in [3.8, 4) is 0 Å². The van der Waals surface area contributed by atoms with Crippen LogP contribution >= 0.6 is 0 Å². The standard InChI is InChI=1S/C18H26N2O/c19-18(10-4-5-11-18)17(21)20-12-8-16(9-13-20)14-15-6-2-1-3-7-15/h1-3,6-7,16H,4-5,8-14,19H2. The maximum absolute atomic E-state index is 12.6. The van der Waals surface area contributed by atoms with Crippen LogP contribution in [-0.2, 0) is 11.2 Å². The summed E-state index contributed by atoms with van der Waals surface area (Å²) in [7, 11) is 0. The van der Waals surface area contributed by atoms with Gasteiger partial charge in [0.1, 0.15) is 0 Å². The molecule has 1 heterocycles. The van der Waals surface area contributed by atoms with Crippen LogP contribution in [0.1, 0.15) is 44.1 Å². The van der Waals surface area contributed by atoms with Gasteiger partial charge in [-0.2, -0.15) is 0 Å². The second-order valence-electron chi connectivity index (χ2n) is 6.79. The molecule has 1 aliphatic heterocycles. The lowest BCUT2D eigenvalue weighted by Crippen LogP contribution is -2.55. The average Bonchev–Trinajstić information content (AvgIpc) is 2.96. The fraction of sp³-hybridized carbons (Fsp3) is 0.611. The third kappa shape index (κ3) is 3.29. The molecule has 1 aromatic rings. The minimum atomic E-state index is -0.549. The van der Waals surface area contributed by atoms with Gasteiger partial charge >= 0.3 is 0 Å². The fourth-order valence-electron chi connectivity index (χ4n) is 3.82. The SMILES string of the molecule is NC1(C(=O)N2CCC(Cc3ccccc3)CC2)CCCC1. The summed E-state index contributed by atoms with van der Waals surface area (Å²) in [5.74, 6) is 0.909. The van der Waals surface area contributed by atoms with Gasteiger partial charge in [-0.25, -0.2) is 0 Å². The first-order valence-electron chi connectivity index (χ1n) is 8.29. The molecule has 1 saturated heterocycles. The number of carbonyl (C=O) groups excluding carboxylic acids is 1. The number of carbonyl (C=O) groups is 1. The van der Waals surface area contributed by atoms with Crippen LogP contribution in [-0.4, -0.2) is 29.4 Å². The molecule has 2 aliphatic rings. The van der Waals surface area contributed by atoms with Crippen molar-refractivity contribution in [2.45, 2.75) is 50.5 Å². The van der Waals surface area contributed by atoms with E-state index >= 15 is 0 Å². The first-order chi connectivity index (χ1) is 10.2. The first kappa shape index (κ1) is 14.6. The maximum atomic E-state index is 12.6. The van der Waals surface area contributed by atoms with Crippen molar-refractivity contribution >= 4 is 5.91 Å². The number of amides is 1. The van der Waals surface area contributed by atoms with Crippen molar-refractivity contribution in [1.29, 1.82) is 0 Å². The van der Waals surface area contributed by atoms with Crippen molar-refractivity contribution in [2.24, 2.45) is 11.7 Å². The highest BCUT2D eigenvalue weighted by Gasteiger charge is 2.40. The molecule has 0 spiro atoms. The molecule has 0 atom stereocenters. The van der Waals surface area contributed by atoms with Gasteiger partial charge in [-0.15, -0.1) is 0 Å². The van der Waals surface area contributed by atoms with Crippen LogP contribution in [0.2, 0.25) is 0 Å². The molecule has 3 nitrogen and oxygen atoms in total. The second kappa shape index (κ2) is 6.18. The fourth-order valence-corrected chi connectivity index (χ4v) is 3.82. The Balaban J connectivity index is 1.52. The summed E-state index contributed by atoms with van der Waals surface area (Å²) in [5.41, 5.74) is 7.16. The molecule has 2 N–H and O–H groups in total. The number of benzene rings is 1. The number of hydrogen-bond donors (Lipinski definition) is 1. The van der Waals surface area contributed by atoms with Crippen molar-refractivity contribution in [3.05, 3.63) is 35.9 Å². The number of nitrogens with zero attached hydrogens (tertiary/aromatic N) is 1. The van der Waals surface area contributed by atoms with E-state index in [0.717, 1.165) is 58.0 Å². The number of piperidine rings is 1. The summed E-state index contributed by atoms with van der Waals surface area (Å²) in [6.07, 6.45) is 7.30. The van der Waals surface area contributed by atoms with E-state index in [1.54, 1.807) is 0 Å². The molecule has 2 fully saturated rings. The molecule has 3 heteroatoms. The van der Waals surface area contributed by atoms with Crippen molar-refractivity contribution in [2.75, 3.05) is 13.1 Å². The first-order valence-corrected chi connectivity index (χ1v) is 8.29. The molecule has 0 aromatic heterocycles. The van der Waals surface area contributed by atoms with Gasteiger partial charge in [0, 0.05) is 13.1 Å². The van der Waals surface area contributed by atoms with E-state index in [-0.39, 0.29) is 5.91 Å². The van der Waals surface area contributed by atoms with Crippen LogP contribution in [0.3, 0.4) is 0 Å². The quantitative estimate of drug-likeness (QED) is 0.928. The third-order valence-corrected chi connectivity index (χ3v) is 5.19. The molecule has 0 bridgehead atoms. The Morgan fingerprint density at radius 1 is 1.14 bits per heavy atom. The summed E-state index contributed by atoms with van der Waals surface area (Å²) >= 11 is 0. The largest absolute Gasteiger partial charge is 0.341 e. The molecule has 0 radical (unpaired) electrons. The van der Waals surface area contributed by atoms with Gasteiger partial charge in [0.05, 0.1) is 5.54 Å². The van der Waals surface area contributed by atoms with E-state index in [1.165, 1.54) is 5.56 Å². The van der Waals surface area contributed by atoms with E-state index in [0.29, 0.717) is 5.92 Å². The van der Waals surface area contributed by atoms with Crippen LogP contribution in [0.5, 0.6) is 0 Å². The van der Waals surface area contributed by atoms with E-state index in [1.807, 2.05) is 4.90 Å². The van der Waals surface area contributed by atoms with E-state index < -0.39 is 5.54 Å². The van der Waals surface area contributed by atoms with Crippen LogP contribution in [0.25, 0.3) is 0 Å². The van der Waals surface area contributed by atoms with E-state index in [4.69, 9.17) is 5.73 Å². The molecule has 1 aliphatic carbocycles. The van der Waals surface area contributed by atoms with E-state index in [2.05, 4.69) is 30.3 Å². The highest BCUT2D eigenvalue weighted by atomic mass is 16.2. The Morgan fingerprint density at radius 3 is 2.38 bits per heavy atom. The number of rotatable bonds is 3. The molecule has 21 heavy (non-hydrogen) atoms. The van der Waals surface area contributed by atoms with Gasteiger partial charge in [-0.3, -0.25) is 4.79 Å². The normalized spacial score (nSPS) is 22.4. The molecule has 114 valence electrons. The van der Waals surface area contributed by atoms with Gasteiger partial charge in [-0.1, -0.05) is 43.2 Å². The highest BCUT2D eigenvalue weighted by Crippen LogP contribution is 2.31. The summed E-state index contributed by atoms with van der Waals surface area (Å²) in [6, 6.07) is 10.7. The van der Waals surface area contributed by atoms with Gasteiger partial charge < -0.3 is 10.6 Å². The smallest absolute Gasteiger partial charge is 0.242 e. The Hall–Kier alpha value is -1.35. The number of nitrogens with two attached hydrogens (primary N) is 1. The number of likely N-dealkylation sites (tertiary alicyclic amines) is 1. The summed E-state index contributed by atoms with van der Waals surface area (Å²) in [6.45, 7) is 1.77. The van der Waals surface area contributed by atoms with E-state index in [9.17, 15) is 4.79 Å². The second-order valence-corrected chi connectivity index (χ2v) is 6.79. The van der Waals surface area contributed by atoms with Crippen molar-refractivity contribution < 1.29 is 4.79 Å². The molecule has 1 aromatic carbocycles. The lowest BCUT2D eigenvalue weighted by molar-refractivity contribution is -0.138. The minimum absolute atomic E-state index is 0.207. The summed E-state index contributed by atoms with van der Waals surface area (Å²) in [4.78, 5) is 14.6. The van der Waals surface area contributed by atoms with Gasteiger partial charge in [0.25, 0.3) is 0 Å². The molecule has 3 rings (SSSR count). The molecular weight excluding hydrogens is 260 g/mol. The van der Waals surface area contributed by atoms with Crippen LogP contribution in [0, 0.1) is 5.92 Å².